The van der Waals surface area contributed by atoms with Gasteiger partial charge in [-0.15, -0.1) is 0 Å². The molecule has 0 atom stereocenters. The van der Waals surface area contributed by atoms with Crippen LogP contribution in [0.2, 0.25) is 0 Å². The van der Waals surface area contributed by atoms with Crippen molar-refractivity contribution < 1.29 is 5.11 Å². The predicted octanol–water partition coefficient (Wildman–Crippen LogP) is 2.31. The zero-order valence-electron chi connectivity index (χ0n) is 10.0. The van der Waals surface area contributed by atoms with Gasteiger partial charge in [-0.05, 0) is 45.4 Å². The summed E-state index contributed by atoms with van der Waals surface area (Å²) in [5.41, 5.74) is -0.483. The quantitative estimate of drug-likeness (QED) is 0.731. The van der Waals surface area contributed by atoms with E-state index in [-0.39, 0.29) is 0 Å². The average Bonchev–Trinajstić information content (AvgIpc) is 2.02. The molecule has 0 radical (unpaired) electrons. The van der Waals surface area contributed by atoms with Crippen LogP contribution in [0.4, 0.5) is 0 Å². The van der Waals surface area contributed by atoms with Gasteiger partial charge in [0.25, 0.3) is 0 Å². The first-order valence-corrected chi connectivity index (χ1v) is 5.88. The van der Waals surface area contributed by atoms with Crippen LogP contribution in [0.3, 0.4) is 0 Å². The first-order valence-electron chi connectivity index (χ1n) is 5.88. The Kier molecular flexibility index (Phi) is 3.96. The third kappa shape index (κ3) is 3.58. The molecule has 0 aromatic heterocycles. The summed E-state index contributed by atoms with van der Waals surface area (Å²) >= 11 is 0. The molecule has 0 bridgehead atoms. The Hall–Kier alpha value is -0.0800. The number of rotatable bonds is 3. The van der Waals surface area contributed by atoms with E-state index in [4.69, 9.17) is 0 Å². The van der Waals surface area contributed by atoms with Crippen molar-refractivity contribution in [2.24, 2.45) is 5.92 Å². The van der Waals surface area contributed by atoms with Crippen LogP contribution in [0.15, 0.2) is 0 Å². The number of aliphatic hydroxyl groups is 1. The summed E-state index contributed by atoms with van der Waals surface area (Å²) in [6.45, 7) is 8.27. The molecule has 1 saturated carbocycles. The fourth-order valence-corrected chi connectivity index (χ4v) is 2.44. The fraction of sp³-hybridized carbons (Fsp3) is 1.00. The molecule has 14 heavy (non-hydrogen) atoms. The molecule has 1 aliphatic carbocycles. The summed E-state index contributed by atoms with van der Waals surface area (Å²) in [5.74, 6) is 0.493. The van der Waals surface area contributed by atoms with E-state index in [1.807, 2.05) is 13.8 Å². The molecule has 2 heteroatoms. The van der Waals surface area contributed by atoms with Gasteiger partial charge in [0.1, 0.15) is 0 Å². The highest BCUT2D eigenvalue weighted by Gasteiger charge is 2.31. The molecule has 1 fully saturated rings. The van der Waals surface area contributed by atoms with Crippen LogP contribution in [-0.4, -0.2) is 22.8 Å². The van der Waals surface area contributed by atoms with E-state index >= 15 is 0 Å². The van der Waals surface area contributed by atoms with E-state index < -0.39 is 5.60 Å². The van der Waals surface area contributed by atoms with Crippen LogP contribution in [0.1, 0.15) is 53.4 Å². The standard InChI is InChI=1S/C12H25NO/c1-9(2)13-11-7-5-10(6-8-11)12(3,4)14/h9-11,13-14H,5-8H2,1-4H3. The highest BCUT2D eigenvalue weighted by molar-refractivity contribution is 4.85. The molecule has 0 aliphatic heterocycles. The van der Waals surface area contributed by atoms with Gasteiger partial charge in [0, 0.05) is 12.1 Å². The van der Waals surface area contributed by atoms with Crippen molar-refractivity contribution in [3.05, 3.63) is 0 Å². The second-order valence-electron chi connectivity index (χ2n) is 5.52. The van der Waals surface area contributed by atoms with Crippen molar-refractivity contribution in [2.45, 2.75) is 71.1 Å². The summed E-state index contributed by atoms with van der Waals surface area (Å²) in [7, 11) is 0. The summed E-state index contributed by atoms with van der Waals surface area (Å²) in [4.78, 5) is 0. The monoisotopic (exact) mass is 199 g/mol. The Bertz CT molecular complexity index is 164. The maximum Gasteiger partial charge on any atom is 0.0619 e. The van der Waals surface area contributed by atoms with E-state index in [2.05, 4.69) is 19.2 Å². The summed E-state index contributed by atoms with van der Waals surface area (Å²) in [6.07, 6.45) is 4.75. The third-order valence-electron chi connectivity index (χ3n) is 3.30. The van der Waals surface area contributed by atoms with E-state index in [9.17, 15) is 5.11 Å². The Balaban J connectivity index is 2.31. The van der Waals surface area contributed by atoms with E-state index in [0.29, 0.717) is 18.0 Å². The topological polar surface area (TPSA) is 32.3 Å². The molecule has 84 valence electrons. The largest absolute Gasteiger partial charge is 0.390 e. The van der Waals surface area contributed by atoms with Crippen molar-refractivity contribution in [1.82, 2.24) is 5.32 Å². The van der Waals surface area contributed by atoms with Crippen LogP contribution in [-0.2, 0) is 0 Å². The van der Waals surface area contributed by atoms with Gasteiger partial charge in [-0.25, -0.2) is 0 Å². The predicted molar refractivity (Wildman–Crippen MR) is 60.3 cm³/mol. The lowest BCUT2D eigenvalue weighted by atomic mass is 9.77. The maximum absolute atomic E-state index is 9.89. The summed E-state index contributed by atoms with van der Waals surface area (Å²) in [6, 6.07) is 1.26. The zero-order chi connectivity index (χ0) is 10.8. The zero-order valence-corrected chi connectivity index (χ0v) is 10.0. The fourth-order valence-electron chi connectivity index (χ4n) is 2.44. The number of nitrogens with one attached hydrogen (secondary N) is 1. The van der Waals surface area contributed by atoms with Crippen molar-refractivity contribution in [3.63, 3.8) is 0 Å². The van der Waals surface area contributed by atoms with Gasteiger partial charge < -0.3 is 10.4 Å². The highest BCUT2D eigenvalue weighted by atomic mass is 16.3. The normalized spacial score (nSPS) is 29.6. The molecule has 0 aromatic rings. The second kappa shape index (κ2) is 4.63. The van der Waals surface area contributed by atoms with Gasteiger partial charge in [-0.2, -0.15) is 0 Å². The van der Waals surface area contributed by atoms with Gasteiger partial charge >= 0.3 is 0 Å². The van der Waals surface area contributed by atoms with Crippen LogP contribution in [0.25, 0.3) is 0 Å². The van der Waals surface area contributed by atoms with Crippen LogP contribution in [0.5, 0.6) is 0 Å². The Morgan fingerprint density at radius 3 is 2.00 bits per heavy atom. The van der Waals surface area contributed by atoms with Gasteiger partial charge in [-0.1, -0.05) is 13.8 Å². The molecule has 0 heterocycles. The molecule has 2 nitrogen and oxygen atoms in total. The van der Waals surface area contributed by atoms with Gasteiger partial charge in [0.05, 0.1) is 5.60 Å². The third-order valence-corrected chi connectivity index (χ3v) is 3.30. The van der Waals surface area contributed by atoms with Crippen molar-refractivity contribution in [2.75, 3.05) is 0 Å². The molecule has 1 rings (SSSR count). The maximum atomic E-state index is 9.89. The average molecular weight is 199 g/mol. The van der Waals surface area contributed by atoms with Crippen LogP contribution < -0.4 is 5.32 Å². The lowest BCUT2D eigenvalue weighted by molar-refractivity contribution is -0.00317. The Morgan fingerprint density at radius 2 is 1.64 bits per heavy atom. The second-order valence-corrected chi connectivity index (χ2v) is 5.52. The molecule has 0 aromatic carbocycles. The molecule has 0 unspecified atom stereocenters. The summed E-state index contributed by atoms with van der Waals surface area (Å²) < 4.78 is 0. The first-order chi connectivity index (χ1) is 6.39. The van der Waals surface area contributed by atoms with Gasteiger partial charge in [0.15, 0.2) is 0 Å². The lowest BCUT2D eigenvalue weighted by Gasteiger charge is -2.36. The van der Waals surface area contributed by atoms with Crippen molar-refractivity contribution in [1.29, 1.82) is 0 Å². The minimum absolute atomic E-state index is 0.483. The molecule has 0 saturated heterocycles. The van der Waals surface area contributed by atoms with Crippen LogP contribution in [0, 0.1) is 5.92 Å². The van der Waals surface area contributed by atoms with Gasteiger partial charge in [-0.3, -0.25) is 0 Å². The molecule has 0 spiro atoms. The SMILES string of the molecule is CC(C)NC1CCC(C(C)(C)O)CC1. The lowest BCUT2D eigenvalue weighted by Crippen LogP contribution is -2.41. The first kappa shape index (κ1) is 12.0. The van der Waals surface area contributed by atoms with Gasteiger partial charge in [0.2, 0.25) is 0 Å². The number of hydrogen-bond acceptors (Lipinski definition) is 2. The molecule has 2 N–H and O–H groups in total. The Morgan fingerprint density at radius 1 is 1.14 bits per heavy atom. The van der Waals surface area contributed by atoms with E-state index in [1.165, 1.54) is 12.8 Å². The molecule has 0 amide bonds. The van der Waals surface area contributed by atoms with E-state index in [1.54, 1.807) is 0 Å². The molecule has 1 aliphatic rings. The summed E-state index contributed by atoms with van der Waals surface area (Å²) in [5, 5.41) is 13.5. The minimum Gasteiger partial charge on any atom is -0.390 e. The van der Waals surface area contributed by atoms with E-state index in [0.717, 1.165) is 12.8 Å². The minimum atomic E-state index is -0.483. The van der Waals surface area contributed by atoms with Crippen LogP contribution >= 0.6 is 0 Å². The number of hydrogen-bond donors (Lipinski definition) is 2. The van der Waals surface area contributed by atoms with Crippen molar-refractivity contribution in [3.8, 4) is 0 Å². The van der Waals surface area contributed by atoms with Crippen molar-refractivity contribution >= 4 is 0 Å². The smallest absolute Gasteiger partial charge is 0.0619 e. The molecular weight excluding hydrogens is 174 g/mol. The Labute approximate surface area is 88.1 Å². The highest BCUT2D eigenvalue weighted by Crippen LogP contribution is 2.32. The molecular formula is C12H25NO.